The number of methoxy groups -OCH3 is 1. The summed E-state index contributed by atoms with van der Waals surface area (Å²) in [4.78, 5) is 27.7. The second-order valence-corrected chi connectivity index (χ2v) is 9.69. The molecule has 2 aromatic carbocycles. The number of H-pyrrole nitrogens is 1. The average Bonchev–Trinajstić information content (AvgIpc) is 3.67. The number of hydrogen-bond acceptors (Lipinski definition) is 7. The maximum atomic E-state index is 14.8. The van der Waals surface area contributed by atoms with Crippen LogP contribution in [0.3, 0.4) is 0 Å². The van der Waals surface area contributed by atoms with Crippen LogP contribution in [0.5, 0.6) is 17.2 Å². The molecular formula is C30H32FN5O5. The number of benzene rings is 2. The van der Waals surface area contributed by atoms with Gasteiger partial charge in [0.1, 0.15) is 23.0 Å². The highest BCUT2D eigenvalue weighted by molar-refractivity contribution is 5.94. The fourth-order valence-electron chi connectivity index (χ4n) is 4.65. The van der Waals surface area contributed by atoms with Gasteiger partial charge in [-0.2, -0.15) is 5.10 Å². The Morgan fingerprint density at radius 2 is 1.90 bits per heavy atom. The standard InChI is InChI=1S/C30H32FN5O5/c1-39-28-17-20-8-10-27(28)41-25-6-2-5-23(31)22(25)18-33-29(37)7-3-15-36(16-4-13-32-30(20)38)19-21-9-11-26(40-21)24-12-14-34-35-24/h2,5-6,8-12,14,17H,3-4,7,13,15-16,18-19H2,1H3,(H,32,38)(H,33,37)(H,34,35). The Hall–Kier alpha value is -4.64. The van der Waals surface area contributed by atoms with E-state index in [4.69, 9.17) is 13.9 Å². The van der Waals surface area contributed by atoms with E-state index < -0.39 is 5.82 Å². The van der Waals surface area contributed by atoms with Crippen LogP contribution in [0, 0.1) is 5.82 Å². The third-order valence-electron chi connectivity index (χ3n) is 6.81. The number of halogens is 1. The maximum Gasteiger partial charge on any atom is 0.251 e. The van der Waals surface area contributed by atoms with Crippen LogP contribution < -0.4 is 20.1 Å². The van der Waals surface area contributed by atoms with Crippen LogP contribution >= 0.6 is 0 Å². The van der Waals surface area contributed by atoms with Gasteiger partial charge in [-0.1, -0.05) is 6.07 Å². The molecule has 2 aliphatic rings. The Morgan fingerprint density at radius 3 is 2.73 bits per heavy atom. The van der Waals surface area contributed by atoms with Crippen molar-refractivity contribution >= 4 is 11.8 Å². The van der Waals surface area contributed by atoms with Gasteiger partial charge in [-0.05, 0) is 67.9 Å². The number of aromatic nitrogens is 2. The number of nitrogens with zero attached hydrogens (tertiary/aromatic N) is 2. The summed E-state index contributed by atoms with van der Waals surface area (Å²) < 4.78 is 32.2. The van der Waals surface area contributed by atoms with Gasteiger partial charge in [0, 0.05) is 43.4 Å². The number of aromatic amines is 1. The number of carbonyl (C=O) groups excluding carboxylic acids is 2. The van der Waals surface area contributed by atoms with Gasteiger partial charge in [-0.3, -0.25) is 19.6 Å². The van der Waals surface area contributed by atoms with Crippen LogP contribution in [0.2, 0.25) is 0 Å². The lowest BCUT2D eigenvalue weighted by molar-refractivity contribution is -0.121. The number of carbonyl (C=O) groups is 2. The molecule has 0 saturated heterocycles. The zero-order valence-electron chi connectivity index (χ0n) is 22.7. The van der Waals surface area contributed by atoms with Crippen molar-refractivity contribution in [3.63, 3.8) is 0 Å². The van der Waals surface area contributed by atoms with Crippen molar-refractivity contribution in [2.45, 2.75) is 32.4 Å². The van der Waals surface area contributed by atoms with E-state index in [0.29, 0.717) is 61.8 Å². The fourth-order valence-corrected chi connectivity index (χ4v) is 4.65. The first kappa shape index (κ1) is 27.9. The Balaban J connectivity index is 1.33. The molecule has 41 heavy (non-hydrogen) atoms. The van der Waals surface area contributed by atoms with Crippen molar-refractivity contribution in [3.05, 3.63) is 83.5 Å². The number of fused-ring (bicyclic) bond motifs is 13. The van der Waals surface area contributed by atoms with Crippen LogP contribution in [-0.2, 0) is 17.9 Å². The monoisotopic (exact) mass is 561 g/mol. The number of furan rings is 1. The molecule has 2 amide bonds. The first-order valence-corrected chi connectivity index (χ1v) is 13.5. The van der Waals surface area contributed by atoms with Gasteiger partial charge in [0.15, 0.2) is 17.3 Å². The third kappa shape index (κ3) is 7.12. The Kier molecular flexibility index (Phi) is 8.95. The molecule has 0 unspecified atom stereocenters. The van der Waals surface area contributed by atoms with Crippen LogP contribution in [0.1, 0.15) is 40.9 Å². The highest BCUT2D eigenvalue weighted by atomic mass is 19.1. The number of ether oxygens (including phenoxy) is 2. The lowest BCUT2D eigenvalue weighted by Gasteiger charge is -2.21. The molecule has 4 heterocycles. The molecule has 0 atom stereocenters. The van der Waals surface area contributed by atoms with Crippen LogP contribution in [-0.4, -0.2) is 53.7 Å². The number of hydrogen-bond donors (Lipinski definition) is 3. The van der Waals surface area contributed by atoms with Crippen molar-refractivity contribution in [1.29, 1.82) is 0 Å². The van der Waals surface area contributed by atoms with Crippen molar-refractivity contribution in [2.75, 3.05) is 26.7 Å². The number of rotatable bonds is 4. The SMILES string of the molecule is COc1cc2ccc1Oc1cccc(F)c1CNC(=O)CCCN(Cc1ccc(-c3ccn[nH]3)o1)CCCNC2=O. The van der Waals surface area contributed by atoms with Crippen LogP contribution in [0.4, 0.5) is 4.39 Å². The molecule has 2 bridgehead atoms. The minimum atomic E-state index is -0.497. The Bertz CT molecular complexity index is 1490. The zero-order valence-corrected chi connectivity index (χ0v) is 22.7. The summed E-state index contributed by atoms with van der Waals surface area (Å²) in [5, 5.41) is 12.6. The van der Waals surface area contributed by atoms with E-state index in [1.54, 1.807) is 30.5 Å². The average molecular weight is 562 g/mol. The summed E-state index contributed by atoms with van der Waals surface area (Å²) >= 11 is 0. The van der Waals surface area contributed by atoms with Crippen molar-refractivity contribution < 1.29 is 27.9 Å². The highest BCUT2D eigenvalue weighted by Crippen LogP contribution is 2.34. The normalized spacial score (nSPS) is 15.6. The van der Waals surface area contributed by atoms with Gasteiger partial charge in [0.25, 0.3) is 5.91 Å². The zero-order chi connectivity index (χ0) is 28.6. The van der Waals surface area contributed by atoms with E-state index in [1.165, 1.54) is 19.2 Å². The van der Waals surface area contributed by atoms with Gasteiger partial charge >= 0.3 is 0 Å². The lowest BCUT2D eigenvalue weighted by atomic mass is 10.1. The maximum absolute atomic E-state index is 14.8. The molecule has 6 rings (SSSR count). The molecule has 4 aromatic rings. The van der Waals surface area contributed by atoms with Gasteiger partial charge < -0.3 is 24.5 Å². The first-order chi connectivity index (χ1) is 20.0. The van der Waals surface area contributed by atoms with E-state index >= 15 is 0 Å². The van der Waals surface area contributed by atoms with E-state index in [1.807, 2.05) is 18.2 Å². The molecule has 214 valence electrons. The predicted octanol–water partition coefficient (Wildman–Crippen LogP) is 4.64. The summed E-state index contributed by atoms with van der Waals surface area (Å²) in [5.74, 6) is 1.45. The molecule has 0 spiro atoms. The summed E-state index contributed by atoms with van der Waals surface area (Å²) in [6, 6.07) is 14.9. The molecule has 11 heteroatoms. The second-order valence-electron chi connectivity index (χ2n) is 9.69. The van der Waals surface area contributed by atoms with Gasteiger partial charge in [-0.15, -0.1) is 0 Å². The van der Waals surface area contributed by atoms with Crippen molar-refractivity contribution in [1.82, 2.24) is 25.7 Å². The topological polar surface area (TPSA) is 122 Å². The quantitative estimate of drug-likeness (QED) is 0.332. The predicted molar refractivity (Wildman–Crippen MR) is 149 cm³/mol. The third-order valence-corrected chi connectivity index (χ3v) is 6.81. The highest BCUT2D eigenvalue weighted by Gasteiger charge is 2.17. The lowest BCUT2D eigenvalue weighted by Crippen LogP contribution is -2.31. The van der Waals surface area contributed by atoms with E-state index in [0.717, 1.165) is 11.5 Å². The van der Waals surface area contributed by atoms with Crippen LogP contribution in [0.25, 0.3) is 11.5 Å². The molecule has 10 nitrogen and oxygen atoms in total. The second kappa shape index (κ2) is 13.1. The smallest absolute Gasteiger partial charge is 0.251 e. The summed E-state index contributed by atoms with van der Waals surface area (Å²) in [5.41, 5.74) is 1.42. The molecule has 0 radical (unpaired) electrons. The number of amides is 2. The Labute approximate surface area is 236 Å². The largest absolute Gasteiger partial charge is 0.493 e. The van der Waals surface area contributed by atoms with Gasteiger partial charge in [-0.25, -0.2) is 4.39 Å². The molecule has 0 saturated carbocycles. The minimum Gasteiger partial charge on any atom is -0.493 e. The summed E-state index contributed by atoms with van der Waals surface area (Å²) in [7, 11) is 1.47. The number of nitrogens with one attached hydrogen (secondary N) is 3. The van der Waals surface area contributed by atoms with Crippen molar-refractivity contribution in [2.24, 2.45) is 0 Å². The van der Waals surface area contributed by atoms with Crippen LogP contribution in [0.15, 0.2) is 65.2 Å². The van der Waals surface area contributed by atoms with E-state index in [2.05, 4.69) is 25.7 Å². The van der Waals surface area contributed by atoms with Gasteiger partial charge in [0.05, 0.1) is 13.7 Å². The van der Waals surface area contributed by atoms with E-state index in [-0.39, 0.29) is 36.1 Å². The van der Waals surface area contributed by atoms with E-state index in [9.17, 15) is 14.0 Å². The van der Waals surface area contributed by atoms with Crippen molar-refractivity contribution in [3.8, 4) is 28.7 Å². The molecule has 0 fully saturated rings. The molecular weight excluding hydrogens is 529 g/mol. The minimum absolute atomic E-state index is 0.0316. The first-order valence-electron chi connectivity index (χ1n) is 13.5. The fraction of sp³-hybridized carbons (Fsp3) is 0.300. The van der Waals surface area contributed by atoms with Gasteiger partial charge in [0.2, 0.25) is 5.91 Å². The molecule has 0 aliphatic carbocycles. The molecule has 2 aliphatic heterocycles. The summed E-state index contributed by atoms with van der Waals surface area (Å²) in [6.07, 6.45) is 3.22. The Morgan fingerprint density at radius 1 is 1.02 bits per heavy atom. The molecule has 2 aromatic heterocycles. The summed E-state index contributed by atoms with van der Waals surface area (Å²) in [6.45, 7) is 2.28. The molecule has 3 N–H and O–H groups in total.